The largest absolute Gasteiger partial charge is 0.416 e. The van der Waals surface area contributed by atoms with E-state index in [0.717, 1.165) is 6.08 Å². The van der Waals surface area contributed by atoms with Crippen LogP contribution in [0.1, 0.15) is 27.0 Å². The van der Waals surface area contributed by atoms with Gasteiger partial charge in [-0.15, -0.1) is 0 Å². The van der Waals surface area contributed by atoms with E-state index in [-0.39, 0.29) is 29.1 Å². The fourth-order valence-electron chi connectivity index (χ4n) is 3.25. The van der Waals surface area contributed by atoms with Gasteiger partial charge in [-0.3, -0.25) is 14.4 Å². The van der Waals surface area contributed by atoms with E-state index in [2.05, 4.69) is 16.0 Å². The van der Waals surface area contributed by atoms with Crippen LogP contribution in [0.5, 0.6) is 0 Å². The Labute approximate surface area is 216 Å². The van der Waals surface area contributed by atoms with Crippen molar-refractivity contribution in [2.45, 2.75) is 30.9 Å². The summed E-state index contributed by atoms with van der Waals surface area (Å²) >= 11 is 11.9. The first kappa shape index (κ1) is 28.3. The van der Waals surface area contributed by atoms with Crippen LogP contribution in [-0.4, -0.2) is 36.3 Å². The van der Waals surface area contributed by atoms with E-state index >= 15 is 0 Å². The summed E-state index contributed by atoms with van der Waals surface area (Å²) in [6.45, 7) is 0.221. The van der Waals surface area contributed by atoms with Crippen molar-refractivity contribution in [1.82, 2.24) is 16.0 Å². The van der Waals surface area contributed by atoms with Gasteiger partial charge in [0.1, 0.15) is 6.04 Å². The van der Waals surface area contributed by atoms with Crippen molar-refractivity contribution < 1.29 is 40.7 Å². The van der Waals surface area contributed by atoms with Crippen LogP contribution in [0, 0.1) is 0 Å². The van der Waals surface area contributed by atoms with Gasteiger partial charge in [0.2, 0.25) is 11.8 Å². The van der Waals surface area contributed by atoms with E-state index in [4.69, 9.17) is 23.2 Å². The molecule has 2 atom stereocenters. The minimum atomic E-state index is -5.14. The number of hydrogen-bond donors (Lipinski definition) is 3. The molecular formula is C23H17Cl2F6N3O3. The first-order chi connectivity index (χ1) is 17.1. The molecular weight excluding hydrogens is 551 g/mol. The fraction of sp³-hybridized carbons (Fsp3) is 0.261. The molecule has 0 aliphatic carbocycles. The normalized spacial score (nSPS) is 16.6. The first-order valence-electron chi connectivity index (χ1n) is 10.4. The highest BCUT2D eigenvalue weighted by Gasteiger charge is 2.37. The zero-order chi connectivity index (χ0) is 27.5. The molecule has 2 aromatic rings. The zero-order valence-corrected chi connectivity index (χ0v) is 19.9. The lowest BCUT2D eigenvalue weighted by Crippen LogP contribution is -2.61. The Bertz CT molecular complexity index is 1210. The summed E-state index contributed by atoms with van der Waals surface area (Å²) in [5, 5.41) is 7.53. The van der Waals surface area contributed by atoms with Gasteiger partial charge in [0.05, 0.1) is 27.2 Å². The van der Waals surface area contributed by atoms with Crippen LogP contribution in [-0.2, 0) is 28.4 Å². The molecule has 0 saturated carbocycles. The molecule has 198 valence electrons. The van der Waals surface area contributed by atoms with E-state index in [0.29, 0.717) is 17.7 Å². The fourth-order valence-corrected chi connectivity index (χ4v) is 3.57. The highest BCUT2D eigenvalue weighted by atomic mass is 35.5. The van der Waals surface area contributed by atoms with Gasteiger partial charge in [-0.1, -0.05) is 35.3 Å². The number of amides is 3. The predicted molar refractivity (Wildman–Crippen MR) is 122 cm³/mol. The van der Waals surface area contributed by atoms with Gasteiger partial charge in [-0.2, -0.15) is 26.3 Å². The van der Waals surface area contributed by atoms with Gasteiger partial charge in [-0.05, 0) is 42.3 Å². The Kier molecular flexibility index (Phi) is 8.43. The van der Waals surface area contributed by atoms with Gasteiger partial charge in [0.15, 0.2) is 0 Å². The third-order valence-electron chi connectivity index (χ3n) is 5.20. The van der Waals surface area contributed by atoms with Gasteiger partial charge in [0, 0.05) is 18.2 Å². The number of rotatable bonds is 7. The van der Waals surface area contributed by atoms with Crippen molar-refractivity contribution in [2.24, 2.45) is 0 Å². The molecule has 14 heteroatoms. The SMILES string of the molecule is O=C(/C=C/C(Cc1ccc(Cl)c(Cl)c1)NC(=O)c1cc(C(F)(F)F)cc(C(F)(F)F)c1)NC1CNC1=O. The van der Waals surface area contributed by atoms with E-state index in [9.17, 15) is 40.7 Å². The minimum absolute atomic E-state index is 0.0542. The highest BCUT2D eigenvalue weighted by Crippen LogP contribution is 2.36. The van der Waals surface area contributed by atoms with Crippen molar-refractivity contribution in [2.75, 3.05) is 6.54 Å². The molecule has 2 unspecified atom stereocenters. The smallest absolute Gasteiger partial charge is 0.352 e. The van der Waals surface area contributed by atoms with E-state index in [1.54, 1.807) is 0 Å². The minimum Gasteiger partial charge on any atom is -0.352 e. The summed E-state index contributed by atoms with van der Waals surface area (Å²) in [4.78, 5) is 36.2. The maximum Gasteiger partial charge on any atom is 0.416 e. The number of nitrogens with one attached hydrogen (secondary N) is 3. The Morgan fingerprint density at radius 1 is 1.00 bits per heavy atom. The Morgan fingerprint density at radius 3 is 2.11 bits per heavy atom. The van der Waals surface area contributed by atoms with Crippen molar-refractivity contribution >= 4 is 40.9 Å². The quantitative estimate of drug-likeness (QED) is 0.261. The average Bonchev–Trinajstić information content (AvgIpc) is 2.80. The number of benzene rings is 2. The maximum absolute atomic E-state index is 13.2. The van der Waals surface area contributed by atoms with Gasteiger partial charge in [0.25, 0.3) is 5.91 Å². The van der Waals surface area contributed by atoms with Crippen molar-refractivity contribution in [3.63, 3.8) is 0 Å². The Morgan fingerprint density at radius 2 is 1.62 bits per heavy atom. The molecule has 3 rings (SSSR count). The molecule has 1 fully saturated rings. The summed E-state index contributed by atoms with van der Waals surface area (Å²) in [6, 6.07) is 3.12. The number of carbonyl (C=O) groups excluding carboxylic acids is 3. The molecule has 3 amide bonds. The molecule has 0 bridgehead atoms. The number of β-lactam (4-membered cyclic amide) rings is 1. The molecule has 37 heavy (non-hydrogen) atoms. The predicted octanol–water partition coefficient (Wildman–Crippen LogP) is 4.54. The van der Waals surface area contributed by atoms with Gasteiger partial charge >= 0.3 is 12.4 Å². The van der Waals surface area contributed by atoms with E-state index in [1.807, 2.05) is 0 Å². The molecule has 1 saturated heterocycles. The molecule has 0 spiro atoms. The Hall–Kier alpha value is -3.25. The molecule has 3 N–H and O–H groups in total. The molecule has 0 aromatic heterocycles. The molecule has 6 nitrogen and oxygen atoms in total. The second kappa shape index (κ2) is 11.0. The number of halogens is 8. The van der Waals surface area contributed by atoms with Crippen LogP contribution in [0.3, 0.4) is 0 Å². The average molecular weight is 568 g/mol. The van der Waals surface area contributed by atoms with Crippen LogP contribution in [0.4, 0.5) is 26.3 Å². The summed E-state index contributed by atoms with van der Waals surface area (Å²) in [5.41, 5.74) is -3.70. The van der Waals surface area contributed by atoms with Crippen LogP contribution in [0.2, 0.25) is 10.0 Å². The van der Waals surface area contributed by atoms with Crippen molar-refractivity contribution in [1.29, 1.82) is 0 Å². The van der Waals surface area contributed by atoms with Crippen LogP contribution in [0.15, 0.2) is 48.6 Å². The second-order valence-corrected chi connectivity index (χ2v) is 8.81. The summed E-state index contributed by atoms with van der Waals surface area (Å²) < 4.78 is 79.1. The number of carbonyl (C=O) groups is 3. The number of hydrogen-bond acceptors (Lipinski definition) is 3. The molecule has 2 aromatic carbocycles. The lowest BCUT2D eigenvalue weighted by Gasteiger charge is -2.26. The highest BCUT2D eigenvalue weighted by molar-refractivity contribution is 6.42. The third-order valence-corrected chi connectivity index (χ3v) is 5.94. The molecule has 1 aliphatic rings. The molecule has 1 aliphatic heterocycles. The Balaban J connectivity index is 1.88. The van der Waals surface area contributed by atoms with Crippen molar-refractivity contribution in [3.8, 4) is 0 Å². The third kappa shape index (κ3) is 7.62. The summed E-state index contributed by atoms with van der Waals surface area (Å²) in [6.07, 6.45) is -8.16. The number of alkyl halides is 6. The summed E-state index contributed by atoms with van der Waals surface area (Å²) in [7, 11) is 0. The molecule has 0 radical (unpaired) electrons. The monoisotopic (exact) mass is 567 g/mol. The maximum atomic E-state index is 13.2. The van der Waals surface area contributed by atoms with Gasteiger partial charge < -0.3 is 16.0 Å². The van der Waals surface area contributed by atoms with Crippen LogP contribution < -0.4 is 16.0 Å². The van der Waals surface area contributed by atoms with Gasteiger partial charge in [-0.25, -0.2) is 0 Å². The first-order valence-corrected chi connectivity index (χ1v) is 11.2. The topological polar surface area (TPSA) is 87.3 Å². The zero-order valence-electron chi connectivity index (χ0n) is 18.4. The second-order valence-electron chi connectivity index (χ2n) is 7.99. The lowest BCUT2D eigenvalue weighted by molar-refractivity contribution is -0.143. The van der Waals surface area contributed by atoms with Crippen LogP contribution >= 0.6 is 23.2 Å². The van der Waals surface area contributed by atoms with Crippen LogP contribution in [0.25, 0.3) is 0 Å². The summed E-state index contributed by atoms with van der Waals surface area (Å²) in [5.74, 6) is -2.34. The standard InChI is InChI=1S/C23H17Cl2F6N3O3/c24-16-3-1-11(6-17(16)25)5-15(2-4-19(35)34-18-10-32-21(18)37)33-20(36)12-7-13(22(26,27)28)9-14(8-12)23(29,30)31/h1-4,6-9,15,18H,5,10H2,(H,32,37)(H,33,36)(H,34,35)/b4-2+. The van der Waals surface area contributed by atoms with Crippen molar-refractivity contribution in [3.05, 3.63) is 80.8 Å². The van der Waals surface area contributed by atoms with E-state index in [1.165, 1.54) is 24.3 Å². The van der Waals surface area contributed by atoms with E-state index < -0.39 is 58.8 Å². The molecule has 1 heterocycles. The lowest BCUT2D eigenvalue weighted by atomic mass is 10.0.